The first-order chi connectivity index (χ1) is 11.1. The number of nitrogens with zero attached hydrogens (tertiary/aromatic N) is 4. The van der Waals surface area contributed by atoms with Gasteiger partial charge in [-0.3, -0.25) is 9.67 Å². The van der Waals surface area contributed by atoms with Gasteiger partial charge >= 0.3 is 0 Å². The van der Waals surface area contributed by atoms with E-state index in [0.29, 0.717) is 0 Å². The van der Waals surface area contributed by atoms with Crippen molar-refractivity contribution in [1.29, 1.82) is 0 Å². The number of aromatic nitrogens is 2. The molecule has 0 bridgehead atoms. The summed E-state index contributed by atoms with van der Waals surface area (Å²) in [4.78, 5) is 6.51. The van der Waals surface area contributed by atoms with E-state index in [2.05, 4.69) is 58.5 Å². The molecule has 1 aromatic heterocycles. The Morgan fingerprint density at radius 2 is 1.88 bits per heavy atom. The summed E-state index contributed by atoms with van der Waals surface area (Å²) in [7, 11) is 5.82. The van der Waals surface area contributed by atoms with Crippen LogP contribution in [0.25, 0.3) is 0 Å². The fourth-order valence-electron chi connectivity index (χ4n) is 2.53. The lowest BCUT2D eigenvalue weighted by Gasteiger charge is -2.22. The van der Waals surface area contributed by atoms with Crippen LogP contribution in [0, 0.1) is 0 Å². The molecule has 0 aliphatic carbocycles. The fourth-order valence-corrected chi connectivity index (χ4v) is 2.53. The quantitative estimate of drug-likeness (QED) is 0.426. The Hall–Kier alpha value is -1.57. The molecule has 0 unspecified atom stereocenters. The summed E-state index contributed by atoms with van der Waals surface area (Å²) in [5.74, 6) is 0.911. The highest BCUT2D eigenvalue weighted by Gasteiger charge is 2.06. The maximum atomic E-state index is 4.36. The molecule has 6 heteroatoms. The minimum Gasteiger partial charge on any atom is -0.356 e. The van der Waals surface area contributed by atoms with Gasteiger partial charge in [-0.15, -0.1) is 24.0 Å². The Balaban J connectivity index is 0.00000288. The molecular weight excluding hydrogens is 413 g/mol. The van der Waals surface area contributed by atoms with Gasteiger partial charge in [0.1, 0.15) is 0 Å². The van der Waals surface area contributed by atoms with Gasteiger partial charge in [0.2, 0.25) is 0 Å². The second-order valence-corrected chi connectivity index (χ2v) is 5.77. The van der Waals surface area contributed by atoms with Crippen molar-refractivity contribution in [3.8, 4) is 0 Å². The van der Waals surface area contributed by atoms with Crippen LogP contribution in [0.2, 0.25) is 0 Å². The summed E-state index contributed by atoms with van der Waals surface area (Å²) in [6, 6.07) is 8.78. The molecule has 24 heavy (non-hydrogen) atoms. The summed E-state index contributed by atoms with van der Waals surface area (Å²) in [6.07, 6.45) is 5.96. The lowest BCUT2D eigenvalue weighted by molar-refractivity contribution is 0.477. The molecule has 2 rings (SSSR count). The molecule has 2 aromatic rings. The van der Waals surface area contributed by atoms with Crippen molar-refractivity contribution in [3.05, 3.63) is 53.3 Å². The van der Waals surface area contributed by atoms with Gasteiger partial charge in [0.25, 0.3) is 0 Å². The Bertz CT molecular complexity index is 633. The van der Waals surface area contributed by atoms with Crippen molar-refractivity contribution >= 4 is 29.9 Å². The molecule has 0 spiro atoms. The second kappa shape index (κ2) is 10.3. The number of hydrogen-bond acceptors (Lipinski definition) is 2. The molecule has 0 amide bonds. The lowest BCUT2D eigenvalue weighted by Crippen LogP contribution is -2.39. The first-order valence-electron chi connectivity index (χ1n) is 8.09. The Kier molecular flexibility index (Phi) is 8.81. The van der Waals surface area contributed by atoms with Crippen LogP contribution in [-0.4, -0.2) is 41.3 Å². The molecule has 0 aliphatic rings. The molecule has 1 aromatic carbocycles. The molecule has 1 heterocycles. The van der Waals surface area contributed by atoms with E-state index >= 15 is 0 Å². The van der Waals surface area contributed by atoms with Crippen molar-refractivity contribution in [2.75, 3.05) is 20.6 Å². The first-order valence-corrected chi connectivity index (χ1v) is 8.09. The molecule has 0 radical (unpaired) electrons. The third-order valence-electron chi connectivity index (χ3n) is 3.88. The van der Waals surface area contributed by atoms with Crippen LogP contribution in [0.5, 0.6) is 0 Å². The fraction of sp³-hybridized carbons (Fsp3) is 0.444. The van der Waals surface area contributed by atoms with Gasteiger partial charge in [-0.2, -0.15) is 5.10 Å². The minimum absolute atomic E-state index is 0. The largest absolute Gasteiger partial charge is 0.356 e. The minimum atomic E-state index is 0. The van der Waals surface area contributed by atoms with Crippen LogP contribution in [-0.2, 0) is 26.4 Å². The summed E-state index contributed by atoms with van der Waals surface area (Å²) in [5.41, 5.74) is 3.89. The van der Waals surface area contributed by atoms with Crippen molar-refractivity contribution in [3.63, 3.8) is 0 Å². The number of aryl methyl sites for hydroxylation is 2. The highest BCUT2D eigenvalue weighted by molar-refractivity contribution is 14.0. The molecule has 5 nitrogen and oxygen atoms in total. The number of hydrogen-bond donors (Lipinski definition) is 1. The smallest absolute Gasteiger partial charge is 0.193 e. The zero-order chi connectivity index (χ0) is 16.7. The number of rotatable bonds is 6. The van der Waals surface area contributed by atoms with Gasteiger partial charge in [0, 0.05) is 40.4 Å². The van der Waals surface area contributed by atoms with E-state index in [-0.39, 0.29) is 24.0 Å². The Morgan fingerprint density at radius 1 is 1.21 bits per heavy atom. The van der Waals surface area contributed by atoms with Crippen LogP contribution in [0.3, 0.4) is 0 Å². The van der Waals surface area contributed by atoms with Crippen molar-refractivity contribution in [1.82, 2.24) is 20.0 Å². The molecule has 0 saturated heterocycles. The molecule has 132 valence electrons. The third kappa shape index (κ3) is 6.14. The highest BCUT2D eigenvalue weighted by Crippen LogP contribution is 2.07. The number of benzene rings is 1. The first kappa shape index (κ1) is 20.5. The molecule has 0 saturated carbocycles. The summed E-state index contributed by atoms with van der Waals surface area (Å²) >= 11 is 0. The van der Waals surface area contributed by atoms with Crippen LogP contribution in [0.15, 0.2) is 41.7 Å². The maximum Gasteiger partial charge on any atom is 0.193 e. The van der Waals surface area contributed by atoms with E-state index in [4.69, 9.17) is 0 Å². The topological polar surface area (TPSA) is 45.4 Å². The summed E-state index contributed by atoms with van der Waals surface area (Å²) in [6.45, 7) is 3.86. The lowest BCUT2D eigenvalue weighted by atomic mass is 10.1. The monoisotopic (exact) mass is 441 g/mol. The van der Waals surface area contributed by atoms with E-state index in [1.165, 1.54) is 16.7 Å². The number of aliphatic imine (C=N–C) groups is 1. The Labute approximate surface area is 162 Å². The molecule has 0 fully saturated rings. The van der Waals surface area contributed by atoms with Crippen LogP contribution in [0.1, 0.15) is 23.6 Å². The molecule has 0 atom stereocenters. The zero-order valence-corrected chi connectivity index (χ0v) is 17.3. The SMILES string of the molecule is CCc1ccc(CN(C)C(=NC)NCCc2cnn(C)c2)cc1.I. The zero-order valence-electron chi connectivity index (χ0n) is 15.0. The van der Waals surface area contributed by atoms with Crippen molar-refractivity contribution in [2.24, 2.45) is 12.0 Å². The predicted molar refractivity (Wildman–Crippen MR) is 111 cm³/mol. The van der Waals surface area contributed by atoms with Gasteiger partial charge in [0.15, 0.2) is 5.96 Å². The van der Waals surface area contributed by atoms with Crippen LogP contribution < -0.4 is 5.32 Å². The third-order valence-corrected chi connectivity index (χ3v) is 3.88. The van der Waals surface area contributed by atoms with Crippen molar-refractivity contribution < 1.29 is 0 Å². The molecular formula is C18H28IN5. The van der Waals surface area contributed by atoms with Crippen LogP contribution in [0.4, 0.5) is 0 Å². The highest BCUT2D eigenvalue weighted by atomic mass is 127. The van der Waals surface area contributed by atoms with Gasteiger partial charge in [0.05, 0.1) is 6.20 Å². The summed E-state index contributed by atoms with van der Waals surface area (Å²) in [5, 5.41) is 7.60. The average Bonchev–Trinajstić information content (AvgIpc) is 2.97. The number of guanidine groups is 1. The Morgan fingerprint density at radius 3 is 2.42 bits per heavy atom. The van der Waals surface area contributed by atoms with E-state index in [0.717, 1.165) is 31.9 Å². The van der Waals surface area contributed by atoms with Gasteiger partial charge in [-0.1, -0.05) is 31.2 Å². The van der Waals surface area contributed by atoms with E-state index in [1.807, 2.05) is 31.2 Å². The molecule has 0 aliphatic heterocycles. The molecule has 1 N–H and O–H groups in total. The van der Waals surface area contributed by atoms with Gasteiger partial charge < -0.3 is 10.2 Å². The normalized spacial score (nSPS) is 11.1. The standard InChI is InChI=1S/C18H27N5.HI/c1-5-15-6-8-16(9-7-15)13-22(3)18(19-2)20-11-10-17-12-21-23(4)14-17;/h6-9,12,14H,5,10-11,13H2,1-4H3,(H,19,20);1H. The maximum absolute atomic E-state index is 4.36. The predicted octanol–water partition coefficient (Wildman–Crippen LogP) is 2.85. The van der Waals surface area contributed by atoms with E-state index < -0.39 is 0 Å². The number of halogens is 1. The van der Waals surface area contributed by atoms with E-state index in [9.17, 15) is 0 Å². The van der Waals surface area contributed by atoms with Gasteiger partial charge in [-0.25, -0.2) is 0 Å². The van der Waals surface area contributed by atoms with E-state index in [1.54, 1.807) is 0 Å². The second-order valence-electron chi connectivity index (χ2n) is 5.77. The number of nitrogens with one attached hydrogen (secondary N) is 1. The summed E-state index contributed by atoms with van der Waals surface area (Å²) < 4.78 is 1.83. The van der Waals surface area contributed by atoms with Gasteiger partial charge in [-0.05, 0) is 29.5 Å². The van der Waals surface area contributed by atoms with Crippen LogP contribution >= 0.6 is 24.0 Å². The van der Waals surface area contributed by atoms with Crippen molar-refractivity contribution in [2.45, 2.75) is 26.3 Å². The average molecular weight is 441 g/mol.